The van der Waals surface area contributed by atoms with Gasteiger partial charge in [-0.25, -0.2) is 0 Å². The first kappa shape index (κ1) is 12.4. The zero-order chi connectivity index (χ0) is 11.3. The largest absolute Gasteiger partial charge is 0.300 e. The molecule has 1 N–H and O–H groups in total. The van der Waals surface area contributed by atoms with Gasteiger partial charge in [-0.3, -0.25) is 0 Å². The van der Waals surface area contributed by atoms with Gasteiger partial charge < -0.3 is 5.32 Å². The van der Waals surface area contributed by atoms with Gasteiger partial charge in [0.2, 0.25) is 0 Å². The van der Waals surface area contributed by atoms with E-state index in [1.807, 2.05) is 12.1 Å². The summed E-state index contributed by atoms with van der Waals surface area (Å²) in [7, 11) is 0. The lowest BCUT2D eigenvalue weighted by Gasteiger charge is -2.13. The first-order valence-corrected chi connectivity index (χ1v) is 5.58. The van der Waals surface area contributed by atoms with E-state index in [0.29, 0.717) is 10.0 Å². The van der Waals surface area contributed by atoms with Crippen LogP contribution in [0.3, 0.4) is 0 Å². The summed E-state index contributed by atoms with van der Waals surface area (Å²) in [5.41, 5.74) is 0.934. The number of rotatable bonds is 4. The number of hydrogen-bond acceptors (Lipinski definition) is 1. The third kappa shape index (κ3) is 3.76. The predicted molar refractivity (Wildman–Crippen MR) is 66.3 cm³/mol. The van der Waals surface area contributed by atoms with Gasteiger partial charge in [-0.2, -0.15) is 0 Å². The molecular weight excluding hydrogens is 229 g/mol. The Morgan fingerprint density at radius 3 is 2.40 bits per heavy atom. The van der Waals surface area contributed by atoms with Crippen molar-refractivity contribution < 1.29 is 0 Å². The summed E-state index contributed by atoms with van der Waals surface area (Å²) >= 11 is 11.8. The highest BCUT2D eigenvalue weighted by atomic mass is 35.5. The molecule has 0 aliphatic rings. The predicted octanol–water partition coefficient (Wildman–Crippen LogP) is 3.67. The van der Waals surface area contributed by atoms with Crippen LogP contribution in [0, 0.1) is 12.3 Å². The van der Waals surface area contributed by atoms with Crippen LogP contribution in [0.25, 0.3) is 0 Å². The van der Waals surface area contributed by atoms with Crippen molar-refractivity contribution in [2.24, 2.45) is 0 Å². The lowest BCUT2D eigenvalue weighted by molar-refractivity contribution is 0.626. The van der Waals surface area contributed by atoms with Crippen molar-refractivity contribution in [1.82, 2.24) is 5.32 Å². The molecule has 3 heteroatoms. The summed E-state index contributed by atoms with van der Waals surface area (Å²) in [6, 6.07) is 5.24. The molecule has 0 amide bonds. The number of halogens is 2. The molecule has 0 saturated heterocycles. The molecule has 1 unspecified atom stereocenters. The van der Waals surface area contributed by atoms with Crippen LogP contribution >= 0.6 is 23.2 Å². The van der Waals surface area contributed by atoms with Gasteiger partial charge in [0.15, 0.2) is 0 Å². The monoisotopic (exact) mass is 241 g/mol. The zero-order valence-corrected chi connectivity index (χ0v) is 10.1. The Bertz CT molecular complexity index is 348. The van der Waals surface area contributed by atoms with E-state index in [9.17, 15) is 0 Å². The topological polar surface area (TPSA) is 12.0 Å². The number of nitrogens with one attached hydrogen (secondary N) is 1. The Morgan fingerprint density at radius 1 is 1.33 bits per heavy atom. The SMILES string of the molecule is C#CC(NCCC)c1cc(Cl)cc(Cl)c1. The first-order valence-electron chi connectivity index (χ1n) is 4.83. The number of benzene rings is 1. The third-order valence-corrected chi connectivity index (χ3v) is 2.42. The van der Waals surface area contributed by atoms with Crippen LogP contribution in [-0.2, 0) is 0 Å². The van der Waals surface area contributed by atoms with Crippen molar-refractivity contribution >= 4 is 23.2 Å². The lowest BCUT2D eigenvalue weighted by Crippen LogP contribution is -2.20. The minimum absolute atomic E-state index is 0.124. The summed E-state index contributed by atoms with van der Waals surface area (Å²) in [4.78, 5) is 0. The summed E-state index contributed by atoms with van der Waals surface area (Å²) in [5.74, 6) is 2.68. The molecule has 0 fully saturated rings. The molecule has 0 aliphatic carbocycles. The van der Waals surface area contributed by atoms with Crippen molar-refractivity contribution in [1.29, 1.82) is 0 Å². The fourth-order valence-electron chi connectivity index (χ4n) is 1.30. The van der Waals surface area contributed by atoms with Crippen LogP contribution in [0.15, 0.2) is 18.2 Å². The fourth-order valence-corrected chi connectivity index (χ4v) is 1.85. The lowest BCUT2D eigenvalue weighted by atomic mass is 10.1. The standard InChI is InChI=1S/C12H13Cl2N/c1-3-5-15-12(4-2)9-6-10(13)8-11(14)7-9/h2,6-8,12,15H,3,5H2,1H3. The molecule has 0 saturated carbocycles. The van der Waals surface area contributed by atoms with E-state index >= 15 is 0 Å². The van der Waals surface area contributed by atoms with Crippen LogP contribution < -0.4 is 5.32 Å². The molecule has 15 heavy (non-hydrogen) atoms. The molecule has 80 valence electrons. The van der Waals surface area contributed by atoms with E-state index in [1.165, 1.54) is 0 Å². The van der Waals surface area contributed by atoms with Crippen molar-refractivity contribution in [3.63, 3.8) is 0 Å². The molecule has 0 radical (unpaired) electrons. The van der Waals surface area contributed by atoms with Crippen LogP contribution in [0.1, 0.15) is 24.9 Å². The first-order chi connectivity index (χ1) is 7.17. The van der Waals surface area contributed by atoms with E-state index < -0.39 is 0 Å². The van der Waals surface area contributed by atoms with Crippen molar-refractivity contribution in [3.8, 4) is 12.3 Å². The normalized spacial score (nSPS) is 12.1. The Morgan fingerprint density at radius 2 is 1.93 bits per heavy atom. The van der Waals surface area contributed by atoms with Crippen LogP contribution in [0.4, 0.5) is 0 Å². The van der Waals surface area contributed by atoms with Crippen LogP contribution in [-0.4, -0.2) is 6.54 Å². The summed E-state index contributed by atoms with van der Waals surface area (Å²) in [5, 5.41) is 4.45. The highest BCUT2D eigenvalue weighted by Crippen LogP contribution is 2.23. The van der Waals surface area contributed by atoms with E-state index in [2.05, 4.69) is 18.2 Å². The quantitative estimate of drug-likeness (QED) is 0.794. The van der Waals surface area contributed by atoms with Crippen LogP contribution in [0.5, 0.6) is 0 Å². The molecule has 1 atom stereocenters. The number of hydrogen-bond donors (Lipinski definition) is 1. The highest BCUT2D eigenvalue weighted by Gasteiger charge is 2.08. The van der Waals surface area contributed by atoms with E-state index in [0.717, 1.165) is 18.5 Å². The van der Waals surface area contributed by atoms with Crippen molar-refractivity contribution in [2.75, 3.05) is 6.54 Å². The zero-order valence-electron chi connectivity index (χ0n) is 8.56. The molecule has 1 rings (SSSR count). The Balaban J connectivity index is 2.87. The molecule has 1 aromatic carbocycles. The number of terminal acetylenes is 1. The van der Waals surface area contributed by atoms with Gasteiger partial charge >= 0.3 is 0 Å². The van der Waals surface area contributed by atoms with Gasteiger partial charge in [0.05, 0.1) is 6.04 Å². The van der Waals surface area contributed by atoms with Gasteiger partial charge in [0.25, 0.3) is 0 Å². The molecule has 0 aliphatic heterocycles. The minimum atomic E-state index is -0.124. The van der Waals surface area contributed by atoms with Gasteiger partial charge in [-0.1, -0.05) is 36.0 Å². The summed E-state index contributed by atoms with van der Waals surface area (Å²) in [6.45, 7) is 2.96. The minimum Gasteiger partial charge on any atom is -0.300 e. The molecular formula is C12H13Cl2N. The third-order valence-electron chi connectivity index (χ3n) is 1.98. The second-order valence-corrected chi connectivity index (χ2v) is 4.13. The maximum atomic E-state index is 5.90. The Kier molecular flexibility index (Phi) is 4.98. The summed E-state index contributed by atoms with van der Waals surface area (Å²) in [6.07, 6.45) is 6.48. The van der Waals surface area contributed by atoms with Crippen LogP contribution in [0.2, 0.25) is 10.0 Å². The molecule has 0 aromatic heterocycles. The molecule has 0 spiro atoms. The molecule has 0 heterocycles. The average Bonchev–Trinajstić information content (AvgIpc) is 2.17. The van der Waals surface area contributed by atoms with E-state index in [4.69, 9.17) is 29.6 Å². The maximum Gasteiger partial charge on any atom is 0.0944 e. The van der Waals surface area contributed by atoms with E-state index in [-0.39, 0.29) is 6.04 Å². The van der Waals surface area contributed by atoms with Crippen molar-refractivity contribution in [2.45, 2.75) is 19.4 Å². The summed E-state index contributed by atoms with van der Waals surface area (Å²) < 4.78 is 0. The second kappa shape index (κ2) is 6.02. The maximum absolute atomic E-state index is 5.90. The van der Waals surface area contributed by atoms with Gasteiger partial charge in [0, 0.05) is 10.0 Å². The van der Waals surface area contributed by atoms with Gasteiger partial charge in [0.1, 0.15) is 0 Å². The Labute approximate surface area is 101 Å². The van der Waals surface area contributed by atoms with Gasteiger partial charge in [-0.15, -0.1) is 6.42 Å². The average molecular weight is 242 g/mol. The molecule has 0 bridgehead atoms. The fraction of sp³-hybridized carbons (Fsp3) is 0.333. The van der Waals surface area contributed by atoms with Gasteiger partial charge in [-0.05, 0) is 36.7 Å². The molecule has 1 nitrogen and oxygen atoms in total. The highest BCUT2D eigenvalue weighted by molar-refractivity contribution is 6.34. The molecule has 1 aromatic rings. The second-order valence-electron chi connectivity index (χ2n) is 3.26. The smallest absolute Gasteiger partial charge is 0.0944 e. The van der Waals surface area contributed by atoms with Crippen molar-refractivity contribution in [3.05, 3.63) is 33.8 Å². The van der Waals surface area contributed by atoms with E-state index in [1.54, 1.807) is 6.07 Å². The Hall–Kier alpha value is -0.680.